The van der Waals surface area contributed by atoms with Crippen LogP contribution in [0.15, 0.2) is 24.3 Å². The van der Waals surface area contributed by atoms with E-state index in [1.54, 1.807) is 0 Å². The number of primary amides is 1. The third-order valence-corrected chi connectivity index (χ3v) is 7.85. The summed E-state index contributed by atoms with van der Waals surface area (Å²) in [7, 11) is 0. The minimum atomic E-state index is -0.913. The standard InChI is InChI=1S/C33H52N6O6/c1-6-24-20-28(41)39(32(24)44)18-9-7-8-12-27(40)38-29(22(4)5)31(43)37-26(11-10-17-35-33(34)45)30(42)36-25-15-13-23(14-16-25)19-21(2)3/h13-16,21-22,24,26,29H,6-12,17-20H2,1-5H3,(H,36,42)(H,37,43)(H,38,40)(H3,34,35,45)/t24?,26-,29-/m0/s1. The van der Waals surface area contributed by atoms with Gasteiger partial charge < -0.3 is 27.0 Å². The summed E-state index contributed by atoms with van der Waals surface area (Å²) in [6.07, 6.45) is 4.46. The van der Waals surface area contributed by atoms with E-state index in [4.69, 9.17) is 5.73 Å². The molecule has 250 valence electrons. The molecule has 2 rings (SSSR count). The van der Waals surface area contributed by atoms with Crippen molar-refractivity contribution < 1.29 is 28.8 Å². The van der Waals surface area contributed by atoms with Crippen molar-refractivity contribution in [3.63, 3.8) is 0 Å². The Bertz CT molecular complexity index is 1170. The van der Waals surface area contributed by atoms with E-state index in [-0.39, 0.29) is 55.4 Å². The van der Waals surface area contributed by atoms with Gasteiger partial charge in [-0.3, -0.25) is 28.9 Å². The maximum absolute atomic E-state index is 13.3. The zero-order valence-corrected chi connectivity index (χ0v) is 27.4. The molecule has 0 bridgehead atoms. The molecule has 6 N–H and O–H groups in total. The van der Waals surface area contributed by atoms with E-state index in [2.05, 4.69) is 35.1 Å². The largest absolute Gasteiger partial charge is 0.352 e. The van der Waals surface area contributed by atoms with Gasteiger partial charge >= 0.3 is 6.03 Å². The summed E-state index contributed by atoms with van der Waals surface area (Å²) < 4.78 is 0. The summed E-state index contributed by atoms with van der Waals surface area (Å²) in [4.78, 5) is 76.1. The van der Waals surface area contributed by atoms with Crippen molar-refractivity contribution in [3.05, 3.63) is 29.8 Å². The first kappa shape index (κ1) is 37.2. The lowest BCUT2D eigenvalue weighted by atomic mass is 10.0. The number of rotatable bonds is 19. The zero-order valence-electron chi connectivity index (χ0n) is 27.4. The quantitative estimate of drug-likeness (QED) is 0.116. The number of amides is 7. The molecule has 7 amide bonds. The summed E-state index contributed by atoms with van der Waals surface area (Å²) in [6.45, 7) is 10.4. The average Bonchev–Trinajstić information content (AvgIpc) is 3.25. The molecule has 0 aliphatic carbocycles. The molecule has 12 nitrogen and oxygen atoms in total. The van der Waals surface area contributed by atoms with Crippen molar-refractivity contribution in [1.29, 1.82) is 0 Å². The molecule has 12 heteroatoms. The van der Waals surface area contributed by atoms with Gasteiger partial charge in [0.15, 0.2) is 0 Å². The SMILES string of the molecule is CCC1CC(=O)N(CCCCCC(=O)N[C@H](C(=O)N[C@@H](CCCNC(N)=O)C(=O)Nc2ccc(CC(C)C)cc2)C(C)C)C1=O. The molecule has 1 fully saturated rings. The van der Waals surface area contributed by atoms with Gasteiger partial charge in [0.2, 0.25) is 29.5 Å². The molecule has 1 heterocycles. The molecule has 0 radical (unpaired) electrons. The number of carbonyl (C=O) groups excluding carboxylic acids is 6. The fourth-order valence-electron chi connectivity index (χ4n) is 5.29. The molecule has 1 unspecified atom stereocenters. The molecule has 1 aromatic rings. The summed E-state index contributed by atoms with van der Waals surface area (Å²) >= 11 is 0. The van der Waals surface area contributed by atoms with Gasteiger partial charge in [0.05, 0.1) is 0 Å². The number of hydrogen-bond acceptors (Lipinski definition) is 6. The van der Waals surface area contributed by atoms with Crippen LogP contribution in [0.1, 0.15) is 91.5 Å². The number of benzene rings is 1. The van der Waals surface area contributed by atoms with Crippen LogP contribution in [0.3, 0.4) is 0 Å². The van der Waals surface area contributed by atoms with Crippen molar-refractivity contribution in [2.45, 2.75) is 104 Å². The van der Waals surface area contributed by atoms with E-state index in [9.17, 15) is 28.8 Å². The molecule has 0 spiro atoms. The Balaban J connectivity index is 1.93. The maximum Gasteiger partial charge on any atom is 0.312 e. The lowest BCUT2D eigenvalue weighted by molar-refractivity contribution is -0.139. The van der Waals surface area contributed by atoms with E-state index in [1.165, 1.54) is 4.90 Å². The van der Waals surface area contributed by atoms with Crippen LogP contribution < -0.4 is 27.0 Å². The van der Waals surface area contributed by atoms with Gasteiger partial charge in [0, 0.05) is 37.5 Å². The Morgan fingerprint density at radius 2 is 1.62 bits per heavy atom. The van der Waals surface area contributed by atoms with E-state index >= 15 is 0 Å². The fraction of sp³-hybridized carbons (Fsp3) is 0.636. The normalized spacial score (nSPS) is 16.1. The van der Waals surface area contributed by atoms with Crippen LogP contribution in [0.2, 0.25) is 0 Å². The van der Waals surface area contributed by atoms with Gasteiger partial charge in [-0.25, -0.2) is 4.79 Å². The Kier molecular flexibility index (Phi) is 15.5. The molecule has 1 aliphatic rings. The second-order valence-corrected chi connectivity index (χ2v) is 12.6. The van der Waals surface area contributed by atoms with Gasteiger partial charge in [-0.2, -0.15) is 0 Å². The highest BCUT2D eigenvalue weighted by molar-refractivity contribution is 6.03. The molecular formula is C33H52N6O6. The molecular weight excluding hydrogens is 576 g/mol. The highest BCUT2D eigenvalue weighted by Gasteiger charge is 2.36. The van der Waals surface area contributed by atoms with Crippen molar-refractivity contribution in [1.82, 2.24) is 20.9 Å². The number of nitrogens with one attached hydrogen (secondary N) is 4. The Labute approximate surface area is 267 Å². The predicted molar refractivity (Wildman–Crippen MR) is 173 cm³/mol. The molecule has 1 saturated heterocycles. The number of nitrogens with zero attached hydrogens (tertiary/aromatic N) is 1. The zero-order chi connectivity index (χ0) is 33.5. The molecule has 1 aliphatic heterocycles. The number of carbonyl (C=O) groups is 6. The minimum absolute atomic E-state index is 0.110. The van der Waals surface area contributed by atoms with Crippen LogP contribution >= 0.6 is 0 Å². The lowest BCUT2D eigenvalue weighted by Crippen LogP contribution is -2.54. The van der Waals surface area contributed by atoms with Crippen LogP contribution in [-0.4, -0.2) is 65.6 Å². The van der Waals surface area contributed by atoms with Crippen molar-refractivity contribution in [3.8, 4) is 0 Å². The molecule has 3 atom stereocenters. The van der Waals surface area contributed by atoms with Gasteiger partial charge in [-0.15, -0.1) is 0 Å². The van der Waals surface area contributed by atoms with Gasteiger partial charge in [-0.1, -0.05) is 53.2 Å². The average molecular weight is 629 g/mol. The Morgan fingerprint density at radius 1 is 0.933 bits per heavy atom. The second-order valence-electron chi connectivity index (χ2n) is 12.6. The lowest BCUT2D eigenvalue weighted by Gasteiger charge is -2.25. The van der Waals surface area contributed by atoms with Crippen LogP contribution in [0.4, 0.5) is 10.5 Å². The number of unbranched alkanes of at least 4 members (excludes halogenated alkanes) is 2. The van der Waals surface area contributed by atoms with Crippen molar-refractivity contribution in [2.75, 3.05) is 18.4 Å². The van der Waals surface area contributed by atoms with Crippen molar-refractivity contribution in [2.24, 2.45) is 23.5 Å². The second kappa shape index (κ2) is 18.8. The third-order valence-electron chi connectivity index (χ3n) is 7.85. The van der Waals surface area contributed by atoms with E-state index in [1.807, 2.05) is 45.0 Å². The molecule has 0 aromatic heterocycles. The minimum Gasteiger partial charge on any atom is -0.352 e. The Hall–Kier alpha value is -3.96. The first-order chi connectivity index (χ1) is 21.3. The highest BCUT2D eigenvalue weighted by Crippen LogP contribution is 2.23. The van der Waals surface area contributed by atoms with Gasteiger partial charge in [0.1, 0.15) is 12.1 Å². The molecule has 0 saturated carbocycles. The van der Waals surface area contributed by atoms with Gasteiger partial charge in [0.25, 0.3) is 0 Å². The topological polar surface area (TPSA) is 180 Å². The highest BCUT2D eigenvalue weighted by atomic mass is 16.2. The van der Waals surface area contributed by atoms with Crippen LogP contribution in [0.5, 0.6) is 0 Å². The number of anilines is 1. The first-order valence-corrected chi connectivity index (χ1v) is 16.2. The van der Waals surface area contributed by atoms with Crippen LogP contribution in [0.25, 0.3) is 0 Å². The number of hydrogen-bond donors (Lipinski definition) is 5. The summed E-state index contributed by atoms with van der Waals surface area (Å²) in [5.74, 6) is -1.40. The van der Waals surface area contributed by atoms with Gasteiger partial charge in [-0.05, 0) is 68.1 Å². The van der Waals surface area contributed by atoms with E-state index in [0.29, 0.717) is 50.3 Å². The molecule has 1 aromatic carbocycles. The smallest absolute Gasteiger partial charge is 0.312 e. The summed E-state index contributed by atoms with van der Waals surface area (Å²) in [5, 5.41) is 10.9. The van der Waals surface area contributed by atoms with E-state index in [0.717, 1.165) is 12.0 Å². The number of imide groups is 1. The Morgan fingerprint density at radius 3 is 2.20 bits per heavy atom. The maximum atomic E-state index is 13.3. The summed E-state index contributed by atoms with van der Waals surface area (Å²) in [6, 6.07) is 5.11. The van der Waals surface area contributed by atoms with E-state index < -0.39 is 29.9 Å². The van der Waals surface area contributed by atoms with Crippen LogP contribution in [0, 0.1) is 17.8 Å². The monoisotopic (exact) mass is 628 g/mol. The molecule has 45 heavy (non-hydrogen) atoms. The van der Waals surface area contributed by atoms with Crippen molar-refractivity contribution >= 4 is 41.3 Å². The number of urea groups is 1. The number of nitrogens with two attached hydrogens (primary N) is 1. The fourth-order valence-corrected chi connectivity index (χ4v) is 5.29. The third kappa shape index (κ3) is 12.9. The number of likely N-dealkylation sites (tertiary alicyclic amines) is 1. The predicted octanol–water partition coefficient (Wildman–Crippen LogP) is 3.24. The first-order valence-electron chi connectivity index (χ1n) is 16.2. The summed E-state index contributed by atoms with van der Waals surface area (Å²) in [5.41, 5.74) is 6.90. The van der Waals surface area contributed by atoms with Crippen LogP contribution in [-0.2, 0) is 30.4 Å².